The quantitative estimate of drug-likeness (QED) is 0.479. The van der Waals surface area contributed by atoms with Crippen LogP contribution in [-0.4, -0.2) is 25.9 Å². The van der Waals surface area contributed by atoms with E-state index in [1.807, 2.05) is 20.8 Å². The SMILES string of the molecule is Cc1nn(-c2ccc(Oc3ccc(NC(=O)Cc4ccccc4F)cc3)nn2)c(C)c1C. The van der Waals surface area contributed by atoms with Crippen molar-refractivity contribution >= 4 is 11.6 Å². The summed E-state index contributed by atoms with van der Waals surface area (Å²) >= 11 is 0. The second-order valence-corrected chi connectivity index (χ2v) is 7.38. The molecule has 4 aromatic rings. The highest BCUT2D eigenvalue weighted by Gasteiger charge is 2.11. The molecule has 0 unspecified atom stereocenters. The minimum atomic E-state index is -0.397. The Labute approximate surface area is 184 Å². The molecule has 0 aliphatic heterocycles. The lowest BCUT2D eigenvalue weighted by Gasteiger charge is -2.08. The van der Waals surface area contributed by atoms with Crippen LogP contribution in [0.1, 0.15) is 22.5 Å². The molecule has 32 heavy (non-hydrogen) atoms. The smallest absolute Gasteiger partial charge is 0.238 e. The van der Waals surface area contributed by atoms with Gasteiger partial charge in [-0.3, -0.25) is 4.79 Å². The van der Waals surface area contributed by atoms with E-state index in [4.69, 9.17) is 4.74 Å². The molecule has 1 N–H and O–H groups in total. The largest absolute Gasteiger partial charge is 0.438 e. The molecule has 2 aromatic heterocycles. The number of rotatable bonds is 6. The monoisotopic (exact) mass is 431 g/mol. The highest BCUT2D eigenvalue weighted by atomic mass is 19.1. The average Bonchev–Trinajstić information content (AvgIpc) is 3.04. The molecule has 0 aliphatic carbocycles. The lowest BCUT2D eigenvalue weighted by molar-refractivity contribution is -0.115. The molecule has 7 nitrogen and oxygen atoms in total. The Hall–Kier alpha value is -4.07. The summed E-state index contributed by atoms with van der Waals surface area (Å²) < 4.78 is 21.2. The molecule has 0 spiro atoms. The van der Waals surface area contributed by atoms with Crippen molar-refractivity contribution in [1.29, 1.82) is 0 Å². The van der Waals surface area contributed by atoms with Crippen LogP contribution in [0, 0.1) is 26.6 Å². The number of anilines is 1. The molecule has 0 saturated carbocycles. The first-order valence-electron chi connectivity index (χ1n) is 10.1. The molecular formula is C24H22FN5O2. The number of nitrogens with zero attached hydrogens (tertiary/aromatic N) is 4. The van der Waals surface area contributed by atoms with Crippen molar-refractivity contribution in [2.45, 2.75) is 27.2 Å². The van der Waals surface area contributed by atoms with Gasteiger partial charge in [0.15, 0.2) is 5.82 Å². The third-order valence-corrected chi connectivity index (χ3v) is 5.17. The van der Waals surface area contributed by atoms with Crippen LogP contribution in [0.5, 0.6) is 11.6 Å². The molecule has 4 rings (SSSR count). The third kappa shape index (κ3) is 4.64. The number of carbonyl (C=O) groups is 1. The van der Waals surface area contributed by atoms with Crippen LogP contribution in [0.4, 0.5) is 10.1 Å². The van der Waals surface area contributed by atoms with Gasteiger partial charge in [-0.2, -0.15) is 5.10 Å². The summed E-state index contributed by atoms with van der Waals surface area (Å²) in [6, 6.07) is 16.5. The Kier molecular flexibility index (Phi) is 5.93. The van der Waals surface area contributed by atoms with Gasteiger partial charge in [0, 0.05) is 17.4 Å². The zero-order chi connectivity index (χ0) is 22.7. The zero-order valence-electron chi connectivity index (χ0n) is 18.0. The predicted octanol–water partition coefficient (Wildman–Crippen LogP) is 4.70. The number of hydrogen-bond acceptors (Lipinski definition) is 5. The molecule has 0 bridgehead atoms. The molecule has 0 aliphatic rings. The van der Waals surface area contributed by atoms with Gasteiger partial charge in [0.05, 0.1) is 12.1 Å². The van der Waals surface area contributed by atoms with Gasteiger partial charge in [-0.15, -0.1) is 10.2 Å². The molecule has 0 saturated heterocycles. The standard InChI is InChI=1S/C24H22FN5O2/c1-15-16(2)29-30(17(15)3)22-12-13-24(28-27-22)32-20-10-8-19(9-11-20)26-23(31)14-18-6-4-5-7-21(18)25/h4-13H,14H2,1-3H3,(H,26,31). The molecule has 162 valence electrons. The van der Waals surface area contributed by atoms with Crippen molar-refractivity contribution in [2.75, 3.05) is 5.32 Å². The number of benzene rings is 2. The second kappa shape index (κ2) is 8.97. The van der Waals surface area contributed by atoms with E-state index < -0.39 is 5.82 Å². The summed E-state index contributed by atoms with van der Waals surface area (Å²) in [6.45, 7) is 5.96. The summed E-state index contributed by atoms with van der Waals surface area (Å²) in [6.07, 6.45) is -0.0400. The Morgan fingerprint density at radius 1 is 1.00 bits per heavy atom. The van der Waals surface area contributed by atoms with Gasteiger partial charge in [0.25, 0.3) is 0 Å². The number of aryl methyl sites for hydroxylation is 1. The zero-order valence-corrected chi connectivity index (χ0v) is 18.0. The maximum Gasteiger partial charge on any atom is 0.238 e. The third-order valence-electron chi connectivity index (χ3n) is 5.17. The Morgan fingerprint density at radius 3 is 2.38 bits per heavy atom. The fraction of sp³-hybridized carbons (Fsp3) is 0.167. The maximum atomic E-state index is 13.7. The van der Waals surface area contributed by atoms with Crippen LogP contribution in [0.2, 0.25) is 0 Å². The normalized spacial score (nSPS) is 10.8. The van der Waals surface area contributed by atoms with Gasteiger partial charge in [0.2, 0.25) is 11.8 Å². The maximum absolute atomic E-state index is 13.7. The summed E-state index contributed by atoms with van der Waals surface area (Å²) in [4.78, 5) is 12.2. The summed E-state index contributed by atoms with van der Waals surface area (Å²) in [5.41, 5.74) is 4.01. The number of carbonyl (C=O) groups excluding carboxylic acids is 1. The summed E-state index contributed by atoms with van der Waals surface area (Å²) in [5.74, 6) is 0.791. The van der Waals surface area contributed by atoms with Crippen molar-refractivity contribution < 1.29 is 13.9 Å². The van der Waals surface area contributed by atoms with Gasteiger partial charge < -0.3 is 10.1 Å². The summed E-state index contributed by atoms with van der Waals surface area (Å²) in [7, 11) is 0. The van der Waals surface area contributed by atoms with Crippen molar-refractivity contribution in [1.82, 2.24) is 20.0 Å². The Balaban J connectivity index is 1.37. The molecule has 0 fully saturated rings. The number of ether oxygens (including phenoxy) is 1. The van der Waals surface area contributed by atoms with E-state index in [0.29, 0.717) is 28.7 Å². The topological polar surface area (TPSA) is 81.9 Å². The second-order valence-electron chi connectivity index (χ2n) is 7.38. The first-order valence-corrected chi connectivity index (χ1v) is 10.1. The molecule has 0 radical (unpaired) electrons. The number of amides is 1. The van der Waals surface area contributed by atoms with Crippen molar-refractivity contribution in [3.05, 3.63) is 89.0 Å². The van der Waals surface area contributed by atoms with E-state index in [0.717, 1.165) is 17.0 Å². The van der Waals surface area contributed by atoms with Crippen LogP contribution in [-0.2, 0) is 11.2 Å². The van der Waals surface area contributed by atoms with E-state index in [9.17, 15) is 9.18 Å². The molecule has 1 amide bonds. The molecule has 2 heterocycles. The first kappa shape index (κ1) is 21.2. The van der Waals surface area contributed by atoms with Gasteiger partial charge in [-0.05, 0) is 68.3 Å². The average molecular weight is 431 g/mol. The van der Waals surface area contributed by atoms with Crippen LogP contribution >= 0.6 is 0 Å². The number of halogens is 1. The number of nitrogens with one attached hydrogen (secondary N) is 1. The highest BCUT2D eigenvalue weighted by Crippen LogP contribution is 2.22. The van der Waals surface area contributed by atoms with Gasteiger partial charge in [-0.25, -0.2) is 9.07 Å². The predicted molar refractivity (Wildman–Crippen MR) is 119 cm³/mol. The molecule has 2 aromatic carbocycles. The van der Waals surface area contributed by atoms with Crippen molar-refractivity contribution in [3.63, 3.8) is 0 Å². The van der Waals surface area contributed by atoms with E-state index in [1.165, 1.54) is 6.07 Å². The fourth-order valence-electron chi connectivity index (χ4n) is 3.17. The minimum absolute atomic E-state index is 0.0400. The fourth-order valence-corrected chi connectivity index (χ4v) is 3.17. The first-order chi connectivity index (χ1) is 15.4. The van der Waals surface area contributed by atoms with Crippen LogP contribution in [0.15, 0.2) is 60.7 Å². The lowest BCUT2D eigenvalue weighted by Crippen LogP contribution is -2.15. The van der Waals surface area contributed by atoms with Crippen LogP contribution in [0.3, 0.4) is 0 Å². The van der Waals surface area contributed by atoms with Crippen LogP contribution < -0.4 is 10.1 Å². The van der Waals surface area contributed by atoms with E-state index in [2.05, 4.69) is 20.6 Å². The Bertz CT molecular complexity index is 1250. The molecule has 0 atom stereocenters. The van der Waals surface area contributed by atoms with Crippen molar-refractivity contribution in [2.24, 2.45) is 0 Å². The number of aromatic nitrogens is 4. The van der Waals surface area contributed by atoms with Crippen molar-refractivity contribution in [3.8, 4) is 17.4 Å². The lowest BCUT2D eigenvalue weighted by atomic mass is 10.1. The van der Waals surface area contributed by atoms with Gasteiger partial charge in [0.1, 0.15) is 11.6 Å². The van der Waals surface area contributed by atoms with Gasteiger partial charge >= 0.3 is 0 Å². The minimum Gasteiger partial charge on any atom is -0.438 e. The molecule has 8 heteroatoms. The van der Waals surface area contributed by atoms with E-state index >= 15 is 0 Å². The summed E-state index contributed by atoms with van der Waals surface area (Å²) in [5, 5.41) is 15.5. The van der Waals surface area contributed by atoms with E-state index in [1.54, 1.807) is 59.3 Å². The Morgan fingerprint density at radius 2 is 1.75 bits per heavy atom. The van der Waals surface area contributed by atoms with Crippen LogP contribution in [0.25, 0.3) is 5.82 Å². The highest BCUT2D eigenvalue weighted by molar-refractivity contribution is 5.92. The number of hydrogen-bond donors (Lipinski definition) is 1. The molecular weight excluding hydrogens is 409 g/mol. The van der Waals surface area contributed by atoms with E-state index in [-0.39, 0.29) is 12.3 Å². The van der Waals surface area contributed by atoms with Gasteiger partial charge in [-0.1, -0.05) is 18.2 Å².